The number of halogens is 1. The quantitative estimate of drug-likeness (QED) is 0.353. The van der Waals surface area contributed by atoms with Gasteiger partial charge in [0.25, 0.3) is 5.56 Å². The smallest absolute Gasteiger partial charge is 0.260 e. The molecule has 1 aromatic carbocycles. The zero-order chi connectivity index (χ0) is 22.0. The predicted molar refractivity (Wildman–Crippen MR) is 132 cm³/mol. The Morgan fingerprint density at radius 3 is 2.84 bits per heavy atom. The summed E-state index contributed by atoms with van der Waals surface area (Å²) >= 11 is 10.7. The second-order valence-corrected chi connectivity index (χ2v) is 10.9. The summed E-state index contributed by atoms with van der Waals surface area (Å²) in [4.78, 5) is 35.7. The van der Waals surface area contributed by atoms with Crippen molar-refractivity contribution in [2.75, 3.05) is 0 Å². The van der Waals surface area contributed by atoms with Gasteiger partial charge < -0.3 is 10.3 Å². The Bertz CT molecular complexity index is 1290. The van der Waals surface area contributed by atoms with Crippen molar-refractivity contribution >= 4 is 62.2 Å². The maximum Gasteiger partial charge on any atom is 0.260 e. The third kappa shape index (κ3) is 5.03. The minimum Gasteiger partial charge on any atom is -0.351 e. The van der Waals surface area contributed by atoms with Gasteiger partial charge in [-0.05, 0) is 37.6 Å². The lowest BCUT2D eigenvalue weighted by atomic mass is 10.2. The van der Waals surface area contributed by atoms with Crippen LogP contribution in [0.5, 0.6) is 0 Å². The third-order valence-corrected chi connectivity index (χ3v) is 8.18. The number of amides is 1. The highest BCUT2D eigenvalue weighted by Gasteiger charge is 2.17. The number of hydrogen-bond donors (Lipinski definition) is 2. The number of fused-ring (bicyclic) bond motifs is 1. The van der Waals surface area contributed by atoms with E-state index in [1.54, 1.807) is 17.4 Å². The van der Waals surface area contributed by atoms with Crippen molar-refractivity contribution in [3.05, 3.63) is 73.4 Å². The van der Waals surface area contributed by atoms with Crippen molar-refractivity contribution in [3.8, 4) is 10.4 Å². The Balaban J connectivity index is 1.41. The predicted octanol–water partition coefficient (Wildman–Crippen LogP) is 5.61. The molecule has 31 heavy (non-hydrogen) atoms. The van der Waals surface area contributed by atoms with E-state index in [0.717, 1.165) is 20.8 Å². The Labute approximate surface area is 196 Å². The van der Waals surface area contributed by atoms with E-state index in [-0.39, 0.29) is 16.7 Å². The maximum absolute atomic E-state index is 12.7. The number of thioether (sulfide) groups is 1. The molecule has 0 radical (unpaired) electrons. The molecule has 160 valence electrons. The van der Waals surface area contributed by atoms with Gasteiger partial charge in [0.1, 0.15) is 10.7 Å². The molecule has 0 aliphatic heterocycles. The fourth-order valence-electron chi connectivity index (χ4n) is 3.07. The highest BCUT2D eigenvalue weighted by Crippen LogP contribution is 2.35. The summed E-state index contributed by atoms with van der Waals surface area (Å²) in [6.45, 7) is 4.27. The summed E-state index contributed by atoms with van der Waals surface area (Å²) in [6, 6.07) is 11.5. The molecule has 1 amide bonds. The number of carbonyl (C=O) groups is 1. The van der Waals surface area contributed by atoms with Crippen molar-refractivity contribution in [1.29, 1.82) is 0 Å². The van der Waals surface area contributed by atoms with E-state index in [4.69, 9.17) is 11.6 Å². The Kier molecular flexibility index (Phi) is 6.81. The standard InChI is InChI=1S/C22H20ClN3O2S3/c1-12-7-8-17(31-12)15-10-30-22-19(15)21(28)25-18(26-22)11-29-13(2)20(27)24-9-14-5-3-4-6-16(14)23/h3-8,10,13H,9,11H2,1-2H3,(H,24,27)(H,25,26,28)/t13-/m0/s1. The lowest BCUT2D eigenvalue weighted by molar-refractivity contribution is -0.120. The fourth-order valence-corrected chi connectivity index (χ4v) is 5.97. The number of aromatic amines is 1. The van der Waals surface area contributed by atoms with Gasteiger partial charge in [-0.25, -0.2) is 4.98 Å². The number of benzene rings is 1. The van der Waals surface area contributed by atoms with E-state index >= 15 is 0 Å². The van der Waals surface area contributed by atoms with Crippen LogP contribution in [0.25, 0.3) is 20.7 Å². The number of hydrogen-bond acceptors (Lipinski definition) is 6. The number of thiophene rings is 2. The van der Waals surface area contributed by atoms with Gasteiger partial charge in [0.15, 0.2) is 0 Å². The molecular weight excluding hydrogens is 470 g/mol. The number of aryl methyl sites for hydroxylation is 1. The summed E-state index contributed by atoms with van der Waals surface area (Å²) in [5.41, 5.74) is 1.66. The molecule has 0 saturated heterocycles. The summed E-state index contributed by atoms with van der Waals surface area (Å²) in [7, 11) is 0. The van der Waals surface area contributed by atoms with Crippen LogP contribution in [0.4, 0.5) is 0 Å². The van der Waals surface area contributed by atoms with Crippen LogP contribution < -0.4 is 10.9 Å². The van der Waals surface area contributed by atoms with Crippen molar-refractivity contribution in [2.24, 2.45) is 0 Å². The first kappa shape index (κ1) is 22.1. The molecule has 4 rings (SSSR count). The molecule has 0 bridgehead atoms. The second kappa shape index (κ2) is 9.56. The molecule has 1 atom stereocenters. The molecular formula is C22H20ClN3O2S3. The van der Waals surface area contributed by atoms with E-state index < -0.39 is 0 Å². The van der Waals surface area contributed by atoms with Crippen LogP contribution in [-0.4, -0.2) is 21.1 Å². The minimum atomic E-state index is -0.295. The summed E-state index contributed by atoms with van der Waals surface area (Å²) < 4.78 is 0. The zero-order valence-corrected chi connectivity index (χ0v) is 20.1. The number of aromatic nitrogens is 2. The topological polar surface area (TPSA) is 74.8 Å². The molecule has 0 saturated carbocycles. The number of nitrogens with zero attached hydrogens (tertiary/aromatic N) is 1. The van der Waals surface area contributed by atoms with Gasteiger partial charge in [-0.1, -0.05) is 29.8 Å². The molecule has 4 aromatic rings. The van der Waals surface area contributed by atoms with Crippen molar-refractivity contribution < 1.29 is 4.79 Å². The number of rotatable bonds is 7. The van der Waals surface area contributed by atoms with Gasteiger partial charge in [0, 0.05) is 32.3 Å². The van der Waals surface area contributed by atoms with Gasteiger partial charge >= 0.3 is 0 Å². The van der Waals surface area contributed by atoms with Crippen molar-refractivity contribution in [3.63, 3.8) is 0 Å². The van der Waals surface area contributed by atoms with Gasteiger partial charge in [-0.2, -0.15) is 0 Å². The number of H-pyrrole nitrogens is 1. The van der Waals surface area contributed by atoms with Crippen LogP contribution in [0.1, 0.15) is 23.2 Å². The molecule has 0 aliphatic rings. The van der Waals surface area contributed by atoms with E-state index in [1.807, 2.05) is 49.6 Å². The average Bonchev–Trinajstić information content (AvgIpc) is 3.37. The fraction of sp³-hybridized carbons (Fsp3) is 0.227. The average molecular weight is 490 g/mol. The maximum atomic E-state index is 12.7. The third-order valence-electron chi connectivity index (χ3n) is 4.75. The number of carbonyl (C=O) groups excluding carboxylic acids is 1. The molecule has 5 nitrogen and oxygen atoms in total. The Hall–Kier alpha value is -2.13. The molecule has 0 spiro atoms. The van der Waals surface area contributed by atoms with Gasteiger partial charge in [0.05, 0.1) is 16.4 Å². The van der Waals surface area contributed by atoms with Crippen LogP contribution in [-0.2, 0) is 17.1 Å². The first-order chi connectivity index (χ1) is 14.9. The lowest BCUT2D eigenvalue weighted by Crippen LogP contribution is -2.30. The highest BCUT2D eigenvalue weighted by molar-refractivity contribution is 7.99. The van der Waals surface area contributed by atoms with Gasteiger partial charge in [0.2, 0.25) is 5.91 Å². The molecule has 9 heteroatoms. The van der Waals surface area contributed by atoms with E-state index in [1.165, 1.54) is 28.0 Å². The molecule has 3 heterocycles. The molecule has 0 aliphatic carbocycles. The normalized spacial score (nSPS) is 12.2. The first-order valence-corrected chi connectivity index (χ1v) is 12.7. The van der Waals surface area contributed by atoms with E-state index in [9.17, 15) is 9.59 Å². The lowest BCUT2D eigenvalue weighted by Gasteiger charge is -2.12. The van der Waals surface area contributed by atoms with E-state index in [2.05, 4.69) is 15.3 Å². The van der Waals surface area contributed by atoms with E-state index in [0.29, 0.717) is 28.5 Å². The largest absolute Gasteiger partial charge is 0.351 e. The molecule has 2 N–H and O–H groups in total. The van der Waals surface area contributed by atoms with Crippen molar-refractivity contribution in [2.45, 2.75) is 31.4 Å². The van der Waals surface area contributed by atoms with Crippen LogP contribution in [0.2, 0.25) is 5.02 Å². The molecule has 0 fully saturated rings. The van der Waals surface area contributed by atoms with Crippen molar-refractivity contribution in [1.82, 2.24) is 15.3 Å². The monoisotopic (exact) mass is 489 g/mol. The Morgan fingerprint density at radius 1 is 1.29 bits per heavy atom. The second-order valence-electron chi connectivity index (χ2n) is 7.01. The van der Waals surface area contributed by atoms with Crippen LogP contribution >= 0.6 is 46.0 Å². The van der Waals surface area contributed by atoms with Gasteiger partial charge in [-0.15, -0.1) is 34.4 Å². The van der Waals surface area contributed by atoms with Crippen LogP contribution in [0, 0.1) is 6.92 Å². The molecule has 3 aromatic heterocycles. The van der Waals surface area contributed by atoms with Crippen LogP contribution in [0.15, 0.2) is 46.6 Å². The highest BCUT2D eigenvalue weighted by atomic mass is 35.5. The summed E-state index contributed by atoms with van der Waals surface area (Å²) in [6.07, 6.45) is 0. The first-order valence-electron chi connectivity index (χ1n) is 9.62. The summed E-state index contributed by atoms with van der Waals surface area (Å²) in [5, 5.41) is 5.86. The Morgan fingerprint density at radius 2 is 2.10 bits per heavy atom. The minimum absolute atomic E-state index is 0.0835. The van der Waals surface area contributed by atoms with Gasteiger partial charge in [-0.3, -0.25) is 9.59 Å². The molecule has 0 unspecified atom stereocenters. The zero-order valence-electron chi connectivity index (χ0n) is 16.9. The summed E-state index contributed by atoms with van der Waals surface area (Å²) in [5.74, 6) is 0.931. The SMILES string of the molecule is Cc1ccc(-c2csc3nc(CS[C@@H](C)C(=O)NCc4ccccc4Cl)[nH]c(=O)c23)s1. The number of nitrogens with one attached hydrogen (secondary N) is 2. The van der Waals surface area contributed by atoms with Crippen LogP contribution in [0.3, 0.4) is 0 Å².